The van der Waals surface area contributed by atoms with Gasteiger partial charge in [-0.2, -0.15) is 0 Å². The average molecular weight is 385 g/mol. The van der Waals surface area contributed by atoms with E-state index in [2.05, 4.69) is 5.32 Å². The first kappa shape index (κ1) is 21.4. The molecule has 0 heterocycles. The van der Waals surface area contributed by atoms with Gasteiger partial charge in [-0.05, 0) is 75.6 Å². The highest BCUT2D eigenvalue weighted by molar-refractivity contribution is 5.95. The van der Waals surface area contributed by atoms with Crippen LogP contribution in [0.5, 0.6) is 5.75 Å². The second kappa shape index (κ2) is 8.89. The number of anilines is 1. The Morgan fingerprint density at radius 1 is 1.07 bits per heavy atom. The summed E-state index contributed by atoms with van der Waals surface area (Å²) < 4.78 is 11.2. The fourth-order valence-electron chi connectivity index (χ4n) is 2.79. The predicted octanol–water partition coefficient (Wildman–Crippen LogP) is 4.26. The van der Waals surface area contributed by atoms with Gasteiger partial charge in [0.1, 0.15) is 5.75 Å². The first-order valence-corrected chi connectivity index (χ1v) is 9.15. The van der Waals surface area contributed by atoms with Crippen LogP contribution in [0.2, 0.25) is 0 Å². The zero-order valence-corrected chi connectivity index (χ0v) is 16.9. The van der Waals surface area contributed by atoms with E-state index in [9.17, 15) is 9.59 Å². The topological polar surface area (TPSA) is 84.9 Å². The summed E-state index contributed by atoms with van der Waals surface area (Å²) in [6.07, 6.45) is -0.785. The summed E-state index contributed by atoms with van der Waals surface area (Å²) in [5.41, 5.74) is 2.15. The lowest BCUT2D eigenvalue weighted by Gasteiger charge is -2.22. The second-order valence-corrected chi connectivity index (χ2v) is 7.19. The van der Waals surface area contributed by atoms with Crippen LogP contribution >= 0.6 is 0 Å². The van der Waals surface area contributed by atoms with Crippen LogP contribution in [-0.4, -0.2) is 29.2 Å². The van der Waals surface area contributed by atoms with Crippen LogP contribution in [-0.2, 0) is 14.3 Å². The fraction of sp³-hybridized carbons (Fsp3) is 0.364. The van der Waals surface area contributed by atoms with Crippen molar-refractivity contribution in [2.75, 3.05) is 11.9 Å². The number of ether oxygens (including phenoxy) is 2. The molecule has 1 atom stereocenters. The molecule has 0 aliphatic rings. The van der Waals surface area contributed by atoms with E-state index in [1.165, 1.54) is 13.8 Å². The lowest BCUT2D eigenvalue weighted by atomic mass is 10.1. The minimum absolute atomic E-state index is 0.272. The minimum atomic E-state index is -1.35. The van der Waals surface area contributed by atoms with Gasteiger partial charge in [-0.1, -0.05) is 18.2 Å². The third-order valence-corrected chi connectivity index (χ3v) is 4.13. The van der Waals surface area contributed by atoms with Crippen LogP contribution in [0.25, 0.3) is 0 Å². The van der Waals surface area contributed by atoms with E-state index in [0.717, 1.165) is 16.8 Å². The monoisotopic (exact) mass is 385 g/mol. The Bertz CT molecular complexity index is 822. The van der Waals surface area contributed by atoms with Crippen molar-refractivity contribution in [2.24, 2.45) is 0 Å². The lowest BCUT2D eigenvalue weighted by Crippen LogP contribution is -2.37. The summed E-state index contributed by atoms with van der Waals surface area (Å²) in [5, 5.41) is 12.1. The number of aryl methyl sites for hydroxylation is 2. The smallest absolute Gasteiger partial charge is 0.347 e. The number of benzene rings is 2. The van der Waals surface area contributed by atoms with Gasteiger partial charge in [0.25, 0.3) is 5.91 Å². The molecule has 2 aromatic rings. The Balaban J connectivity index is 2.18. The minimum Gasteiger partial charge on any atom is -0.478 e. The van der Waals surface area contributed by atoms with E-state index in [1.54, 1.807) is 24.3 Å². The number of carbonyl (C=O) groups excluding carboxylic acids is 1. The average Bonchev–Trinajstić information content (AvgIpc) is 2.59. The predicted molar refractivity (Wildman–Crippen MR) is 108 cm³/mol. The largest absolute Gasteiger partial charge is 0.478 e. The first-order valence-electron chi connectivity index (χ1n) is 9.15. The third kappa shape index (κ3) is 5.57. The normalized spacial score (nSPS) is 12.3. The van der Waals surface area contributed by atoms with Crippen molar-refractivity contribution in [3.8, 4) is 5.75 Å². The zero-order chi connectivity index (χ0) is 20.9. The van der Waals surface area contributed by atoms with E-state index in [4.69, 9.17) is 14.6 Å². The maximum Gasteiger partial charge on any atom is 0.347 e. The molecule has 0 bridgehead atoms. The number of hydrogen-bond acceptors (Lipinski definition) is 4. The Labute approximate surface area is 165 Å². The zero-order valence-electron chi connectivity index (χ0n) is 16.9. The number of nitrogens with one attached hydrogen (secondary N) is 1. The van der Waals surface area contributed by atoms with Crippen LogP contribution < -0.4 is 10.1 Å². The van der Waals surface area contributed by atoms with Crippen molar-refractivity contribution in [1.82, 2.24) is 0 Å². The van der Waals surface area contributed by atoms with Crippen LogP contribution in [0.15, 0.2) is 42.5 Å². The van der Waals surface area contributed by atoms with Crippen molar-refractivity contribution in [3.05, 3.63) is 59.2 Å². The standard InChI is InChI=1S/C22H27NO5/c1-6-27-19(20(24)23-17-12-14(2)11-15(3)13-17)16-7-9-18(10-8-16)28-22(4,5)21(25)26/h7-13,19H,6H2,1-5H3,(H,23,24)(H,25,26). The lowest BCUT2D eigenvalue weighted by molar-refractivity contribution is -0.152. The molecule has 0 aliphatic heterocycles. The number of carboxylic acid groups (broad SMARTS) is 1. The molecular formula is C22H27NO5. The maximum atomic E-state index is 12.8. The molecule has 0 fully saturated rings. The van der Waals surface area contributed by atoms with Crippen molar-refractivity contribution >= 4 is 17.6 Å². The number of hydrogen-bond donors (Lipinski definition) is 2. The molecule has 2 rings (SSSR count). The highest BCUT2D eigenvalue weighted by atomic mass is 16.5. The van der Waals surface area contributed by atoms with Crippen LogP contribution in [0.1, 0.15) is 43.6 Å². The van der Waals surface area contributed by atoms with Crippen LogP contribution in [0.3, 0.4) is 0 Å². The van der Waals surface area contributed by atoms with Crippen molar-refractivity contribution < 1.29 is 24.2 Å². The number of aliphatic carboxylic acids is 1. The summed E-state index contributed by atoms with van der Waals surface area (Å²) in [4.78, 5) is 24.0. The van der Waals surface area contributed by atoms with Gasteiger partial charge >= 0.3 is 5.97 Å². The Kier molecular flexibility index (Phi) is 6.80. The molecule has 0 saturated carbocycles. The van der Waals surface area contributed by atoms with Crippen molar-refractivity contribution in [1.29, 1.82) is 0 Å². The molecule has 6 nitrogen and oxygen atoms in total. The number of carboxylic acids is 1. The second-order valence-electron chi connectivity index (χ2n) is 7.19. The Hall–Kier alpha value is -2.86. The van der Waals surface area contributed by atoms with Crippen molar-refractivity contribution in [3.63, 3.8) is 0 Å². The quantitative estimate of drug-likeness (QED) is 0.709. The maximum absolute atomic E-state index is 12.8. The van der Waals surface area contributed by atoms with Gasteiger partial charge in [-0.25, -0.2) is 4.79 Å². The van der Waals surface area contributed by atoms with Gasteiger partial charge in [-0.3, -0.25) is 4.79 Å². The molecule has 2 aromatic carbocycles. The van der Waals surface area contributed by atoms with Gasteiger partial charge in [0.2, 0.25) is 0 Å². The molecule has 0 spiro atoms. The van der Waals surface area contributed by atoms with Crippen LogP contribution in [0.4, 0.5) is 5.69 Å². The van der Waals surface area contributed by atoms with E-state index in [1.807, 2.05) is 39.0 Å². The highest BCUT2D eigenvalue weighted by Gasteiger charge is 2.29. The molecule has 6 heteroatoms. The van der Waals surface area contributed by atoms with E-state index in [-0.39, 0.29) is 5.91 Å². The molecule has 0 aromatic heterocycles. The molecule has 2 N–H and O–H groups in total. The molecule has 1 unspecified atom stereocenters. The van der Waals surface area contributed by atoms with Gasteiger partial charge in [-0.15, -0.1) is 0 Å². The van der Waals surface area contributed by atoms with Crippen molar-refractivity contribution in [2.45, 2.75) is 46.3 Å². The summed E-state index contributed by atoms with van der Waals surface area (Å²) in [7, 11) is 0. The number of amides is 1. The third-order valence-electron chi connectivity index (χ3n) is 4.13. The molecule has 1 amide bonds. The van der Waals surface area contributed by atoms with E-state index >= 15 is 0 Å². The van der Waals surface area contributed by atoms with Crippen LogP contribution in [0, 0.1) is 13.8 Å². The Morgan fingerprint density at radius 2 is 1.64 bits per heavy atom. The molecular weight excluding hydrogens is 358 g/mol. The van der Waals surface area contributed by atoms with E-state index in [0.29, 0.717) is 17.9 Å². The summed E-state index contributed by atoms with van der Waals surface area (Å²) >= 11 is 0. The summed E-state index contributed by atoms with van der Waals surface area (Å²) in [6.45, 7) is 9.09. The molecule has 150 valence electrons. The first-order chi connectivity index (χ1) is 13.1. The Morgan fingerprint density at radius 3 is 2.14 bits per heavy atom. The van der Waals surface area contributed by atoms with Gasteiger partial charge in [0.05, 0.1) is 0 Å². The fourth-order valence-corrected chi connectivity index (χ4v) is 2.79. The number of carbonyl (C=O) groups is 2. The van der Waals surface area contributed by atoms with Gasteiger partial charge in [0, 0.05) is 12.3 Å². The molecule has 0 saturated heterocycles. The molecule has 0 radical (unpaired) electrons. The summed E-state index contributed by atoms with van der Waals surface area (Å²) in [6, 6.07) is 12.5. The SMILES string of the molecule is CCOC(C(=O)Nc1cc(C)cc(C)c1)c1ccc(OC(C)(C)C(=O)O)cc1. The van der Waals surface area contributed by atoms with E-state index < -0.39 is 17.7 Å². The summed E-state index contributed by atoms with van der Waals surface area (Å²) in [5.74, 6) is -0.927. The van der Waals surface area contributed by atoms with Gasteiger partial charge in [0.15, 0.2) is 11.7 Å². The molecule has 28 heavy (non-hydrogen) atoms. The molecule has 0 aliphatic carbocycles. The van der Waals surface area contributed by atoms with Gasteiger partial charge < -0.3 is 19.9 Å². The number of rotatable bonds is 8. The highest BCUT2D eigenvalue weighted by Crippen LogP contribution is 2.25.